The Kier molecular flexibility index (Phi) is 7.31. The van der Waals surface area contributed by atoms with Crippen LogP contribution in [0.25, 0.3) is 0 Å². The van der Waals surface area contributed by atoms with E-state index in [4.69, 9.17) is 4.74 Å². The minimum atomic E-state index is -0.952. The van der Waals surface area contributed by atoms with Crippen molar-refractivity contribution in [2.24, 2.45) is 0 Å². The summed E-state index contributed by atoms with van der Waals surface area (Å²) in [5.41, 5.74) is 2.55. The predicted molar refractivity (Wildman–Crippen MR) is 124 cm³/mol. The number of carbonyl (C=O) groups excluding carboxylic acids is 2. The highest BCUT2D eigenvalue weighted by Crippen LogP contribution is 2.26. The summed E-state index contributed by atoms with van der Waals surface area (Å²) in [5, 5.41) is 3.32. The largest absolute Gasteiger partial charge is 0.446 e. The normalized spacial score (nSPS) is 15.2. The molecule has 1 aliphatic rings. The first-order valence-electron chi connectivity index (χ1n) is 11.1. The second-order valence-electron chi connectivity index (χ2n) is 7.97. The molecule has 0 spiro atoms. The van der Waals surface area contributed by atoms with Crippen molar-refractivity contribution in [3.05, 3.63) is 108 Å². The van der Waals surface area contributed by atoms with Gasteiger partial charge in [0.25, 0.3) is 5.91 Å². The Hall–Kier alpha value is -3.44. The van der Waals surface area contributed by atoms with Gasteiger partial charge >= 0.3 is 5.97 Å². The molecule has 0 radical (unpaired) electrons. The maximum Gasteiger partial charge on any atom is 0.328 e. The summed E-state index contributed by atoms with van der Waals surface area (Å²) in [4.78, 5) is 28.5. The Morgan fingerprint density at radius 3 is 1.91 bits per heavy atom. The number of rotatable bonds is 8. The van der Waals surface area contributed by atoms with Crippen molar-refractivity contribution in [3.8, 4) is 0 Å². The van der Waals surface area contributed by atoms with Gasteiger partial charge in [0.2, 0.25) is 6.10 Å². The molecular formula is C27H28N2O3. The van der Waals surface area contributed by atoms with Crippen molar-refractivity contribution in [3.63, 3.8) is 0 Å². The third-order valence-electron chi connectivity index (χ3n) is 5.70. The molecular weight excluding hydrogens is 400 g/mol. The minimum Gasteiger partial charge on any atom is -0.446 e. The molecule has 5 nitrogen and oxygen atoms in total. The van der Waals surface area contributed by atoms with E-state index in [2.05, 4.69) is 5.32 Å². The summed E-state index contributed by atoms with van der Waals surface area (Å²) in [7, 11) is 0. The van der Waals surface area contributed by atoms with Crippen molar-refractivity contribution < 1.29 is 14.3 Å². The first kappa shape index (κ1) is 21.8. The minimum absolute atomic E-state index is 0.156. The Bertz CT molecular complexity index is 1000. The molecule has 32 heavy (non-hydrogen) atoms. The second-order valence-corrected chi connectivity index (χ2v) is 7.97. The molecule has 164 valence electrons. The molecule has 1 heterocycles. The SMILES string of the molecule is O=C(O[C@H](C(=O)N1CCCC1)c1ccccc1)C(NCc1ccccc1)c1ccccc1. The lowest BCUT2D eigenvalue weighted by atomic mass is 10.1. The Labute approximate surface area is 189 Å². The smallest absolute Gasteiger partial charge is 0.328 e. The lowest BCUT2D eigenvalue weighted by Crippen LogP contribution is -2.37. The molecule has 3 aromatic rings. The highest BCUT2D eigenvalue weighted by atomic mass is 16.5. The van der Waals surface area contributed by atoms with Gasteiger partial charge in [-0.2, -0.15) is 0 Å². The quantitative estimate of drug-likeness (QED) is 0.540. The lowest BCUT2D eigenvalue weighted by Gasteiger charge is -2.26. The van der Waals surface area contributed by atoms with Crippen molar-refractivity contribution in [1.29, 1.82) is 0 Å². The zero-order valence-electron chi connectivity index (χ0n) is 18.0. The standard InChI is InChI=1S/C27H28N2O3/c30-26(29-18-10-11-19-29)25(23-16-8-3-9-17-23)32-27(31)24(22-14-6-2-7-15-22)28-20-21-12-4-1-5-13-21/h1-9,12-17,24-25,28H,10-11,18-20H2/t24?,25-/m0/s1. The van der Waals surface area contributed by atoms with E-state index in [1.807, 2.05) is 91.0 Å². The van der Waals surface area contributed by atoms with E-state index in [-0.39, 0.29) is 5.91 Å². The van der Waals surface area contributed by atoms with Crippen LogP contribution in [-0.4, -0.2) is 29.9 Å². The predicted octanol–water partition coefficient (Wildman–Crippen LogP) is 4.42. The van der Waals surface area contributed by atoms with Crippen LogP contribution in [0.5, 0.6) is 0 Å². The van der Waals surface area contributed by atoms with Gasteiger partial charge in [-0.25, -0.2) is 4.79 Å². The van der Waals surface area contributed by atoms with E-state index in [1.54, 1.807) is 4.90 Å². The van der Waals surface area contributed by atoms with Crippen LogP contribution in [0, 0.1) is 0 Å². The Morgan fingerprint density at radius 1 is 0.781 bits per heavy atom. The molecule has 1 saturated heterocycles. The third-order valence-corrected chi connectivity index (χ3v) is 5.70. The van der Waals surface area contributed by atoms with Crippen molar-refractivity contribution in [2.75, 3.05) is 13.1 Å². The summed E-state index contributed by atoms with van der Waals surface area (Å²) in [6.45, 7) is 1.91. The summed E-state index contributed by atoms with van der Waals surface area (Å²) >= 11 is 0. The van der Waals surface area contributed by atoms with Crippen molar-refractivity contribution in [2.45, 2.75) is 31.5 Å². The topological polar surface area (TPSA) is 58.6 Å². The summed E-state index contributed by atoms with van der Waals surface area (Å²) in [6, 6.07) is 28.0. The average Bonchev–Trinajstić information content (AvgIpc) is 3.39. The van der Waals surface area contributed by atoms with Gasteiger partial charge in [0.05, 0.1) is 0 Å². The van der Waals surface area contributed by atoms with Crippen molar-refractivity contribution >= 4 is 11.9 Å². The van der Waals surface area contributed by atoms with Gasteiger partial charge in [0.1, 0.15) is 6.04 Å². The average molecular weight is 429 g/mol. The molecule has 1 aliphatic heterocycles. The molecule has 0 aromatic heterocycles. The van der Waals surface area contributed by atoms with E-state index in [1.165, 1.54) is 0 Å². The number of likely N-dealkylation sites (tertiary alicyclic amines) is 1. The molecule has 1 N–H and O–H groups in total. The lowest BCUT2D eigenvalue weighted by molar-refractivity contribution is -0.162. The van der Waals surface area contributed by atoms with Crippen LogP contribution < -0.4 is 5.32 Å². The molecule has 5 heteroatoms. The van der Waals surface area contributed by atoms with Gasteiger partial charge in [-0.3, -0.25) is 10.1 Å². The third kappa shape index (κ3) is 5.42. The number of nitrogens with one attached hydrogen (secondary N) is 1. The van der Waals surface area contributed by atoms with Gasteiger partial charge in [-0.1, -0.05) is 91.0 Å². The fraction of sp³-hybridized carbons (Fsp3) is 0.259. The molecule has 1 amide bonds. The first-order chi connectivity index (χ1) is 15.7. The summed E-state index contributed by atoms with van der Waals surface area (Å²) in [5.74, 6) is -0.620. The van der Waals surface area contributed by atoms with Gasteiger partial charge in [-0.05, 0) is 24.0 Å². The zero-order valence-corrected chi connectivity index (χ0v) is 18.0. The first-order valence-corrected chi connectivity index (χ1v) is 11.1. The van der Waals surface area contributed by atoms with Gasteiger partial charge in [0.15, 0.2) is 0 Å². The number of benzene rings is 3. The number of hydrogen-bond donors (Lipinski definition) is 1. The van der Waals surface area contributed by atoms with Gasteiger partial charge < -0.3 is 9.64 Å². The van der Waals surface area contributed by atoms with Gasteiger partial charge in [0, 0.05) is 25.2 Å². The van der Waals surface area contributed by atoms with E-state index < -0.39 is 18.1 Å². The van der Waals surface area contributed by atoms with E-state index >= 15 is 0 Å². The van der Waals surface area contributed by atoms with Crippen LogP contribution in [0.2, 0.25) is 0 Å². The van der Waals surface area contributed by atoms with Gasteiger partial charge in [-0.15, -0.1) is 0 Å². The molecule has 1 fully saturated rings. The molecule has 0 saturated carbocycles. The van der Waals surface area contributed by atoms with E-state index in [0.717, 1.165) is 24.0 Å². The number of esters is 1. The fourth-order valence-corrected chi connectivity index (χ4v) is 3.97. The van der Waals surface area contributed by atoms with Crippen LogP contribution in [0.4, 0.5) is 0 Å². The maximum atomic E-state index is 13.4. The van der Waals surface area contributed by atoms with Crippen LogP contribution in [0.1, 0.15) is 41.7 Å². The van der Waals surface area contributed by atoms with Crippen LogP contribution >= 0.6 is 0 Å². The molecule has 0 bridgehead atoms. The second kappa shape index (κ2) is 10.7. The monoisotopic (exact) mass is 428 g/mol. The van der Waals surface area contributed by atoms with Crippen LogP contribution in [0.3, 0.4) is 0 Å². The summed E-state index contributed by atoms with van der Waals surface area (Å²) in [6.07, 6.45) is 1.00. The van der Waals surface area contributed by atoms with E-state index in [9.17, 15) is 9.59 Å². The molecule has 4 rings (SSSR count). The van der Waals surface area contributed by atoms with Crippen molar-refractivity contribution in [1.82, 2.24) is 10.2 Å². The van der Waals surface area contributed by atoms with Crippen LogP contribution in [0.15, 0.2) is 91.0 Å². The zero-order chi connectivity index (χ0) is 22.2. The van der Waals surface area contributed by atoms with Crippen LogP contribution in [-0.2, 0) is 20.9 Å². The highest BCUT2D eigenvalue weighted by Gasteiger charge is 2.33. The fourth-order valence-electron chi connectivity index (χ4n) is 3.97. The number of carbonyl (C=O) groups is 2. The Morgan fingerprint density at radius 2 is 1.31 bits per heavy atom. The molecule has 0 aliphatic carbocycles. The number of nitrogens with zero attached hydrogens (tertiary/aromatic N) is 1. The summed E-state index contributed by atoms with van der Waals surface area (Å²) < 4.78 is 5.92. The number of hydrogen-bond acceptors (Lipinski definition) is 4. The molecule has 3 aromatic carbocycles. The molecule has 1 unspecified atom stereocenters. The molecule has 2 atom stereocenters. The highest BCUT2D eigenvalue weighted by molar-refractivity contribution is 5.87. The maximum absolute atomic E-state index is 13.4. The number of amides is 1. The number of ether oxygens (including phenoxy) is 1. The Balaban J connectivity index is 1.56. The van der Waals surface area contributed by atoms with E-state index in [0.29, 0.717) is 25.2 Å².